The minimum absolute atomic E-state index is 0.0853. The van der Waals surface area contributed by atoms with Gasteiger partial charge in [0.2, 0.25) is 0 Å². The van der Waals surface area contributed by atoms with Crippen LogP contribution in [0.3, 0.4) is 0 Å². The molecule has 0 aliphatic carbocycles. The quantitative estimate of drug-likeness (QED) is 0.660. The van der Waals surface area contributed by atoms with Crippen molar-refractivity contribution in [2.75, 3.05) is 12.4 Å². The van der Waals surface area contributed by atoms with Gasteiger partial charge in [-0.2, -0.15) is 0 Å². The number of benzene rings is 2. The van der Waals surface area contributed by atoms with Gasteiger partial charge >= 0.3 is 0 Å². The van der Waals surface area contributed by atoms with Crippen molar-refractivity contribution in [2.24, 2.45) is 0 Å². The first-order chi connectivity index (χ1) is 9.19. The van der Waals surface area contributed by atoms with E-state index in [1.807, 2.05) is 31.3 Å². The summed E-state index contributed by atoms with van der Waals surface area (Å²) in [6, 6.07) is 13.9. The van der Waals surface area contributed by atoms with Gasteiger partial charge in [0.05, 0.1) is 4.92 Å². The second kappa shape index (κ2) is 5.86. The average molecular weight is 258 g/mol. The van der Waals surface area contributed by atoms with Crippen molar-refractivity contribution in [2.45, 2.75) is 6.61 Å². The summed E-state index contributed by atoms with van der Waals surface area (Å²) in [7, 11) is 1.85. The molecule has 0 atom stereocenters. The van der Waals surface area contributed by atoms with Crippen LogP contribution in [0.4, 0.5) is 11.4 Å². The molecule has 0 fully saturated rings. The molecule has 2 rings (SSSR count). The average Bonchev–Trinajstić information content (AvgIpc) is 2.46. The third kappa shape index (κ3) is 3.45. The van der Waals surface area contributed by atoms with Crippen molar-refractivity contribution in [1.29, 1.82) is 0 Å². The van der Waals surface area contributed by atoms with Crippen molar-refractivity contribution < 1.29 is 9.66 Å². The highest BCUT2D eigenvalue weighted by Crippen LogP contribution is 2.17. The first kappa shape index (κ1) is 12.9. The molecule has 0 saturated heterocycles. The van der Waals surface area contributed by atoms with Crippen LogP contribution >= 0.6 is 0 Å². The van der Waals surface area contributed by atoms with E-state index in [4.69, 9.17) is 4.74 Å². The molecule has 5 nitrogen and oxygen atoms in total. The Kier molecular flexibility index (Phi) is 3.97. The maximum atomic E-state index is 10.5. The van der Waals surface area contributed by atoms with Gasteiger partial charge < -0.3 is 10.1 Å². The van der Waals surface area contributed by atoms with E-state index in [9.17, 15) is 10.1 Å². The fourth-order valence-corrected chi connectivity index (χ4v) is 1.60. The number of ether oxygens (including phenoxy) is 1. The van der Waals surface area contributed by atoms with Crippen LogP contribution in [-0.2, 0) is 6.61 Å². The van der Waals surface area contributed by atoms with Gasteiger partial charge in [-0.15, -0.1) is 0 Å². The first-order valence-corrected chi connectivity index (χ1v) is 5.83. The highest BCUT2D eigenvalue weighted by Gasteiger charge is 2.04. The number of non-ortho nitro benzene ring substituents is 1. The number of anilines is 1. The summed E-state index contributed by atoms with van der Waals surface area (Å²) in [6.07, 6.45) is 0. The van der Waals surface area contributed by atoms with E-state index in [1.165, 1.54) is 12.1 Å². The van der Waals surface area contributed by atoms with Crippen molar-refractivity contribution >= 4 is 11.4 Å². The second-order valence-corrected chi connectivity index (χ2v) is 3.99. The predicted molar refractivity (Wildman–Crippen MR) is 73.4 cm³/mol. The summed E-state index contributed by atoms with van der Waals surface area (Å²) in [5.41, 5.74) is 1.99. The van der Waals surface area contributed by atoms with Gasteiger partial charge in [0.15, 0.2) is 0 Å². The highest BCUT2D eigenvalue weighted by atomic mass is 16.6. The minimum Gasteiger partial charge on any atom is -0.489 e. The monoisotopic (exact) mass is 258 g/mol. The molecule has 0 unspecified atom stereocenters. The van der Waals surface area contributed by atoms with Crippen LogP contribution in [0.5, 0.6) is 5.75 Å². The van der Waals surface area contributed by atoms with Gasteiger partial charge in [0.25, 0.3) is 5.69 Å². The lowest BCUT2D eigenvalue weighted by Gasteiger charge is -2.07. The Morgan fingerprint density at radius 2 is 1.74 bits per heavy atom. The summed E-state index contributed by atoms with van der Waals surface area (Å²) in [5.74, 6) is 0.761. The van der Waals surface area contributed by atoms with Crippen LogP contribution in [0.15, 0.2) is 48.5 Å². The highest BCUT2D eigenvalue weighted by molar-refractivity contribution is 5.45. The molecule has 98 valence electrons. The lowest BCUT2D eigenvalue weighted by molar-refractivity contribution is -0.384. The van der Waals surface area contributed by atoms with Gasteiger partial charge in [-0.05, 0) is 42.0 Å². The standard InChI is InChI=1S/C14H14N2O3/c1-15-12-4-8-14(9-5-12)19-10-11-2-6-13(7-3-11)16(17)18/h2-9,15H,10H2,1H3. The molecule has 0 saturated carbocycles. The van der Waals surface area contributed by atoms with E-state index in [2.05, 4.69) is 5.32 Å². The fourth-order valence-electron chi connectivity index (χ4n) is 1.60. The molecule has 2 aromatic carbocycles. The Morgan fingerprint density at radius 3 is 2.26 bits per heavy atom. The number of rotatable bonds is 5. The van der Waals surface area contributed by atoms with Gasteiger partial charge in [0, 0.05) is 24.9 Å². The van der Waals surface area contributed by atoms with Gasteiger partial charge in [-0.25, -0.2) is 0 Å². The second-order valence-electron chi connectivity index (χ2n) is 3.99. The first-order valence-electron chi connectivity index (χ1n) is 5.83. The summed E-state index contributed by atoms with van der Waals surface area (Å²) < 4.78 is 5.59. The van der Waals surface area contributed by atoms with Crippen LogP contribution < -0.4 is 10.1 Å². The van der Waals surface area contributed by atoms with E-state index in [0.29, 0.717) is 6.61 Å². The van der Waals surface area contributed by atoms with Gasteiger partial charge in [-0.3, -0.25) is 10.1 Å². The Bertz CT molecular complexity index is 550. The third-order valence-corrected chi connectivity index (χ3v) is 2.70. The van der Waals surface area contributed by atoms with Crippen molar-refractivity contribution in [3.05, 3.63) is 64.2 Å². The zero-order chi connectivity index (χ0) is 13.7. The third-order valence-electron chi connectivity index (χ3n) is 2.70. The van der Waals surface area contributed by atoms with E-state index in [0.717, 1.165) is 17.0 Å². The Hall–Kier alpha value is -2.56. The van der Waals surface area contributed by atoms with Crippen molar-refractivity contribution in [3.63, 3.8) is 0 Å². The number of hydrogen-bond donors (Lipinski definition) is 1. The van der Waals surface area contributed by atoms with Crippen molar-refractivity contribution in [3.8, 4) is 5.75 Å². The van der Waals surface area contributed by atoms with Crippen molar-refractivity contribution in [1.82, 2.24) is 0 Å². The van der Waals surface area contributed by atoms with E-state index in [1.54, 1.807) is 12.1 Å². The number of hydrogen-bond acceptors (Lipinski definition) is 4. The summed E-state index contributed by atoms with van der Waals surface area (Å²) in [5, 5.41) is 13.5. The maximum Gasteiger partial charge on any atom is 0.269 e. The maximum absolute atomic E-state index is 10.5. The molecule has 0 bridgehead atoms. The number of nitro benzene ring substituents is 1. The van der Waals surface area contributed by atoms with Crippen LogP contribution in [0, 0.1) is 10.1 Å². The number of nitrogens with zero attached hydrogens (tertiary/aromatic N) is 1. The number of nitrogens with one attached hydrogen (secondary N) is 1. The molecule has 0 aromatic heterocycles. The van der Waals surface area contributed by atoms with E-state index < -0.39 is 4.92 Å². The summed E-state index contributed by atoms with van der Waals surface area (Å²) in [6.45, 7) is 0.386. The largest absolute Gasteiger partial charge is 0.489 e. The molecule has 0 radical (unpaired) electrons. The van der Waals surface area contributed by atoms with Crippen LogP contribution in [0.2, 0.25) is 0 Å². The Balaban J connectivity index is 1.95. The molecule has 19 heavy (non-hydrogen) atoms. The van der Waals surface area contributed by atoms with E-state index >= 15 is 0 Å². The molecule has 2 aromatic rings. The van der Waals surface area contributed by atoms with Gasteiger partial charge in [-0.1, -0.05) is 0 Å². The minimum atomic E-state index is -0.416. The molecular weight excluding hydrogens is 244 g/mol. The SMILES string of the molecule is CNc1ccc(OCc2ccc([N+](=O)[O-])cc2)cc1. The lowest BCUT2D eigenvalue weighted by Crippen LogP contribution is -1.96. The Labute approximate surface area is 111 Å². The molecule has 0 aliphatic heterocycles. The molecule has 0 heterocycles. The van der Waals surface area contributed by atoms with Crippen LogP contribution in [0.25, 0.3) is 0 Å². The smallest absolute Gasteiger partial charge is 0.269 e. The normalized spacial score (nSPS) is 9.95. The zero-order valence-corrected chi connectivity index (χ0v) is 10.5. The fraction of sp³-hybridized carbons (Fsp3) is 0.143. The topological polar surface area (TPSA) is 64.4 Å². The number of nitro groups is 1. The van der Waals surface area contributed by atoms with E-state index in [-0.39, 0.29) is 5.69 Å². The molecule has 0 spiro atoms. The molecular formula is C14H14N2O3. The summed E-state index contributed by atoms with van der Waals surface area (Å²) in [4.78, 5) is 10.1. The Morgan fingerprint density at radius 1 is 1.11 bits per heavy atom. The molecule has 0 amide bonds. The molecule has 0 aliphatic rings. The zero-order valence-electron chi connectivity index (χ0n) is 10.5. The van der Waals surface area contributed by atoms with Crippen LogP contribution in [0.1, 0.15) is 5.56 Å². The molecule has 1 N–H and O–H groups in total. The predicted octanol–water partition coefficient (Wildman–Crippen LogP) is 3.22. The summed E-state index contributed by atoms with van der Waals surface area (Å²) >= 11 is 0. The van der Waals surface area contributed by atoms with Crippen LogP contribution in [-0.4, -0.2) is 12.0 Å². The molecule has 5 heteroatoms. The van der Waals surface area contributed by atoms with Gasteiger partial charge in [0.1, 0.15) is 12.4 Å². The lowest BCUT2D eigenvalue weighted by atomic mass is 10.2.